The zero-order valence-electron chi connectivity index (χ0n) is 29.0. The summed E-state index contributed by atoms with van der Waals surface area (Å²) in [6.45, 7) is 9.33. The van der Waals surface area contributed by atoms with E-state index in [9.17, 15) is 0 Å². The highest BCUT2D eigenvalue weighted by Crippen LogP contribution is 2.61. The largest absolute Gasteiger partial charge is 0.453 e. The van der Waals surface area contributed by atoms with Crippen LogP contribution in [0.3, 0.4) is 0 Å². The average molecular weight is 658 g/mol. The molecular weight excluding hydrogens is 623 g/mol. The van der Waals surface area contributed by atoms with Gasteiger partial charge < -0.3 is 9.47 Å². The molecule has 11 rings (SSSR count). The molecule has 0 saturated heterocycles. The summed E-state index contributed by atoms with van der Waals surface area (Å²) >= 11 is 0. The quantitative estimate of drug-likeness (QED) is 0.185. The lowest BCUT2D eigenvalue weighted by Crippen LogP contribution is -2.20. The fourth-order valence-corrected chi connectivity index (χ4v) is 9.38. The van der Waals surface area contributed by atoms with Crippen molar-refractivity contribution < 1.29 is 9.47 Å². The molecule has 0 saturated carbocycles. The van der Waals surface area contributed by atoms with Gasteiger partial charge in [0.15, 0.2) is 23.0 Å². The van der Waals surface area contributed by atoms with Crippen LogP contribution in [0.15, 0.2) is 140 Å². The topological polar surface area (TPSA) is 21.7 Å². The summed E-state index contributed by atoms with van der Waals surface area (Å²) in [6, 6.07) is 50.6. The number of fused-ring (bicyclic) bond motifs is 10. The Labute approximate surface area is 298 Å². The smallest absolute Gasteiger partial charge is 0.155 e. The van der Waals surface area contributed by atoms with Crippen molar-refractivity contribution in [1.29, 1.82) is 0 Å². The molecule has 244 valence electrons. The molecule has 2 aliphatic heterocycles. The fraction of sp³-hybridized carbons (Fsp3) is 0.125. The van der Waals surface area contributed by atoms with E-state index in [0.717, 1.165) is 51.2 Å². The number of para-hydroxylation sites is 1. The number of hydrogen-bond acceptors (Lipinski definition) is 3. The zero-order valence-corrected chi connectivity index (χ0v) is 29.0. The molecule has 2 aliphatic carbocycles. The molecule has 0 bridgehead atoms. The molecule has 3 nitrogen and oxygen atoms in total. The van der Waals surface area contributed by atoms with Gasteiger partial charge in [-0.1, -0.05) is 131 Å². The van der Waals surface area contributed by atoms with Gasteiger partial charge in [0.05, 0.1) is 11.4 Å². The molecule has 0 radical (unpaired) electrons. The Balaban J connectivity index is 1.05. The molecule has 0 fully saturated rings. The van der Waals surface area contributed by atoms with E-state index in [2.05, 4.69) is 154 Å². The molecule has 3 heteroatoms. The second-order valence-electron chi connectivity index (χ2n) is 15.3. The van der Waals surface area contributed by atoms with Gasteiger partial charge in [-0.15, -0.1) is 0 Å². The van der Waals surface area contributed by atoms with Crippen LogP contribution in [0, 0.1) is 0 Å². The predicted octanol–water partition coefficient (Wildman–Crippen LogP) is 13.3. The highest BCUT2D eigenvalue weighted by Gasteiger charge is 2.39. The summed E-state index contributed by atoms with van der Waals surface area (Å²) in [7, 11) is 0. The van der Waals surface area contributed by atoms with Crippen molar-refractivity contribution in [3.05, 3.63) is 162 Å². The minimum absolute atomic E-state index is 0.0578. The summed E-state index contributed by atoms with van der Waals surface area (Å²) < 4.78 is 13.4. The summed E-state index contributed by atoms with van der Waals surface area (Å²) in [6.07, 6.45) is 0. The highest BCUT2D eigenvalue weighted by atomic mass is 16.5. The van der Waals surface area contributed by atoms with Gasteiger partial charge in [-0.3, -0.25) is 4.90 Å². The molecule has 0 unspecified atom stereocenters. The van der Waals surface area contributed by atoms with Crippen LogP contribution in [-0.4, -0.2) is 0 Å². The Morgan fingerprint density at radius 2 is 0.804 bits per heavy atom. The van der Waals surface area contributed by atoms with Crippen LogP contribution < -0.4 is 14.4 Å². The van der Waals surface area contributed by atoms with Crippen LogP contribution in [0.1, 0.15) is 49.9 Å². The van der Waals surface area contributed by atoms with E-state index in [-0.39, 0.29) is 10.8 Å². The lowest BCUT2D eigenvalue weighted by molar-refractivity contribution is 0.446. The van der Waals surface area contributed by atoms with Gasteiger partial charge in [-0.05, 0) is 103 Å². The van der Waals surface area contributed by atoms with Crippen LogP contribution in [0.5, 0.6) is 23.0 Å². The van der Waals surface area contributed by atoms with Gasteiger partial charge in [-0.2, -0.15) is 0 Å². The number of benzene rings is 7. The molecule has 2 heterocycles. The van der Waals surface area contributed by atoms with Crippen molar-refractivity contribution >= 4 is 17.1 Å². The Bertz CT molecular complexity index is 2480. The maximum atomic E-state index is 6.71. The standard InChI is InChI=1S/C48H35NO2/c1-47(2)34-16-7-5-12-32(34)44-30(14-9-18-36(44)47)28-22-24-38-42(26-28)50-40-20-11-21-41-46(40)49(38)39-25-23-29(27-43(39)51-41)31-15-10-19-37-45(31)33-13-6-8-17-35(33)48(37,3)4/h5-27H,1-4H3. The zero-order chi connectivity index (χ0) is 34.2. The van der Waals surface area contributed by atoms with Gasteiger partial charge in [0.25, 0.3) is 0 Å². The van der Waals surface area contributed by atoms with Crippen molar-refractivity contribution in [2.75, 3.05) is 4.90 Å². The van der Waals surface area contributed by atoms with Crippen molar-refractivity contribution in [1.82, 2.24) is 0 Å². The highest BCUT2D eigenvalue weighted by molar-refractivity contribution is 5.99. The van der Waals surface area contributed by atoms with Crippen LogP contribution in [0.4, 0.5) is 17.1 Å². The normalized spacial score (nSPS) is 15.6. The molecule has 7 aromatic rings. The Morgan fingerprint density at radius 3 is 1.29 bits per heavy atom. The van der Waals surface area contributed by atoms with Crippen LogP contribution in [0.2, 0.25) is 0 Å². The van der Waals surface area contributed by atoms with Gasteiger partial charge in [0, 0.05) is 10.8 Å². The molecular formula is C48H35NO2. The van der Waals surface area contributed by atoms with E-state index >= 15 is 0 Å². The minimum atomic E-state index is -0.0578. The van der Waals surface area contributed by atoms with Crippen molar-refractivity contribution in [3.63, 3.8) is 0 Å². The number of hydrogen-bond donors (Lipinski definition) is 0. The Kier molecular flexibility index (Phi) is 5.52. The summed E-state index contributed by atoms with van der Waals surface area (Å²) in [5.41, 5.74) is 18.3. The van der Waals surface area contributed by atoms with Crippen LogP contribution in [-0.2, 0) is 10.8 Å². The van der Waals surface area contributed by atoms with Crippen molar-refractivity contribution in [2.24, 2.45) is 0 Å². The monoisotopic (exact) mass is 657 g/mol. The van der Waals surface area contributed by atoms with Crippen LogP contribution >= 0.6 is 0 Å². The van der Waals surface area contributed by atoms with E-state index in [1.165, 1.54) is 55.6 Å². The number of rotatable bonds is 2. The molecule has 4 aliphatic rings. The van der Waals surface area contributed by atoms with Gasteiger partial charge in [0.1, 0.15) is 5.69 Å². The SMILES string of the molecule is CC1(C)c2ccccc2-c2c(-c3ccc4c(c3)Oc3cccc5c3N4c3ccc(-c4cccc6c4-c4ccccc4C6(C)C)cc3O5)cccc21. The van der Waals surface area contributed by atoms with E-state index < -0.39 is 0 Å². The number of anilines is 3. The lowest BCUT2D eigenvalue weighted by Gasteiger charge is -2.38. The first kappa shape index (κ1) is 28.7. The van der Waals surface area contributed by atoms with Crippen LogP contribution in [0.25, 0.3) is 44.5 Å². The molecule has 0 amide bonds. The third-order valence-corrected chi connectivity index (χ3v) is 11.9. The van der Waals surface area contributed by atoms with E-state index in [1.54, 1.807) is 0 Å². The molecule has 0 N–H and O–H groups in total. The first-order valence-electron chi connectivity index (χ1n) is 17.9. The van der Waals surface area contributed by atoms with E-state index in [0.29, 0.717) is 0 Å². The molecule has 0 atom stereocenters. The maximum Gasteiger partial charge on any atom is 0.155 e. The molecule has 0 aromatic heterocycles. The second kappa shape index (κ2) is 9.80. The maximum absolute atomic E-state index is 6.71. The molecule has 7 aromatic carbocycles. The molecule has 0 spiro atoms. The summed E-state index contributed by atoms with van der Waals surface area (Å²) in [4.78, 5) is 2.32. The molecule has 51 heavy (non-hydrogen) atoms. The summed E-state index contributed by atoms with van der Waals surface area (Å²) in [5.74, 6) is 3.24. The Hall–Kier alpha value is -6.06. The average Bonchev–Trinajstić information content (AvgIpc) is 3.54. The first-order valence-corrected chi connectivity index (χ1v) is 17.9. The van der Waals surface area contributed by atoms with Crippen molar-refractivity contribution in [2.45, 2.75) is 38.5 Å². The van der Waals surface area contributed by atoms with Gasteiger partial charge >= 0.3 is 0 Å². The number of ether oxygens (including phenoxy) is 2. The van der Waals surface area contributed by atoms with Gasteiger partial charge in [0.2, 0.25) is 0 Å². The Morgan fingerprint density at radius 1 is 0.392 bits per heavy atom. The van der Waals surface area contributed by atoms with Gasteiger partial charge in [-0.25, -0.2) is 0 Å². The predicted molar refractivity (Wildman–Crippen MR) is 207 cm³/mol. The third-order valence-electron chi connectivity index (χ3n) is 11.9. The van der Waals surface area contributed by atoms with E-state index in [4.69, 9.17) is 9.47 Å². The number of nitrogens with zero attached hydrogens (tertiary/aromatic N) is 1. The first-order chi connectivity index (χ1) is 24.8. The van der Waals surface area contributed by atoms with E-state index in [1.807, 2.05) is 18.2 Å². The second-order valence-corrected chi connectivity index (χ2v) is 15.3. The minimum Gasteiger partial charge on any atom is -0.453 e. The third kappa shape index (κ3) is 3.73. The van der Waals surface area contributed by atoms with Crippen molar-refractivity contribution in [3.8, 4) is 67.5 Å². The lowest BCUT2D eigenvalue weighted by atomic mass is 9.82. The summed E-state index contributed by atoms with van der Waals surface area (Å²) in [5, 5.41) is 0. The fourth-order valence-electron chi connectivity index (χ4n) is 9.38.